The summed E-state index contributed by atoms with van der Waals surface area (Å²) in [6, 6.07) is 13.4. The Kier molecular flexibility index (Phi) is 5.88. The van der Waals surface area contributed by atoms with Gasteiger partial charge in [-0.05, 0) is 62.0 Å². The first-order valence-electron chi connectivity index (χ1n) is 8.72. The fraction of sp³-hybridized carbons (Fsp3) is 0.238. The van der Waals surface area contributed by atoms with Crippen molar-refractivity contribution < 1.29 is 14.3 Å². The van der Waals surface area contributed by atoms with Crippen molar-refractivity contribution in [2.75, 3.05) is 18.6 Å². The number of ether oxygens (including phenoxy) is 2. The van der Waals surface area contributed by atoms with E-state index in [1.165, 1.54) is 4.90 Å². The van der Waals surface area contributed by atoms with Gasteiger partial charge in [-0.15, -0.1) is 0 Å². The second kappa shape index (κ2) is 8.33. The number of hydrogen-bond donors (Lipinski definition) is 1. The molecule has 0 atom stereocenters. The van der Waals surface area contributed by atoms with Gasteiger partial charge in [0.2, 0.25) is 0 Å². The second-order valence-corrected chi connectivity index (χ2v) is 6.56. The maximum absolute atomic E-state index is 12.8. The van der Waals surface area contributed by atoms with E-state index in [2.05, 4.69) is 5.32 Å². The van der Waals surface area contributed by atoms with E-state index in [9.17, 15) is 4.79 Å². The lowest BCUT2D eigenvalue weighted by molar-refractivity contribution is -0.113. The Bertz CT molecular complexity index is 891. The molecule has 1 fully saturated rings. The van der Waals surface area contributed by atoms with Gasteiger partial charge in [-0.2, -0.15) is 0 Å². The van der Waals surface area contributed by atoms with Crippen molar-refractivity contribution in [3.8, 4) is 5.75 Å². The van der Waals surface area contributed by atoms with Gasteiger partial charge in [0.05, 0.1) is 19.4 Å². The lowest BCUT2D eigenvalue weighted by Crippen LogP contribution is -2.30. The lowest BCUT2D eigenvalue weighted by atomic mass is 10.1. The van der Waals surface area contributed by atoms with Crippen LogP contribution in [-0.4, -0.2) is 24.7 Å². The predicted octanol–water partition coefficient (Wildman–Crippen LogP) is 3.80. The molecule has 0 spiro atoms. The smallest absolute Gasteiger partial charge is 0.281 e. The molecule has 0 bridgehead atoms. The number of thiocarbonyl (C=S) groups is 1. The number of nitrogens with one attached hydrogen (secondary N) is 1. The van der Waals surface area contributed by atoms with E-state index in [1.807, 2.05) is 56.3 Å². The van der Waals surface area contributed by atoms with Gasteiger partial charge in [-0.1, -0.05) is 23.8 Å². The third-order valence-electron chi connectivity index (χ3n) is 4.25. The molecule has 0 aliphatic carbocycles. The van der Waals surface area contributed by atoms with Crippen LogP contribution in [-0.2, 0) is 16.1 Å². The maximum atomic E-state index is 12.8. The molecule has 1 saturated heterocycles. The van der Waals surface area contributed by atoms with E-state index in [0.29, 0.717) is 24.0 Å². The van der Waals surface area contributed by atoms with Crippen molar-refractivity contribution in [2.45, 2.75) is 20.5 Å². The van der Waals surface area contributed by atoms with Gasteiger partial charge in [0.15, 0.2) is 5.11 Å². The first-order chi connectivity index (χ1) is 13.0. The summed E-state index contributed by atoms with van der Waals surface area (Å²) >= 11 is 5.36. The van der Waals surface area contributed by atoms with Gasteiger partial charge in [0.25, 0.3) is 5.91 Å². The number of carbonyl (C=O) groups excluding carboxylic acids is 1. The zero-order valence-electron chi connectivity index (χ0n) is 15.6. The van der Waals surface area contributed by atoms with Crippen LogP contribution in [0, 0.1) is 6.92 Å². The van der Waals surface area contributed by atoms with Crippen molar-refractivity contribution in [3.05, 3.63) is 64.9 Å². The lowest BCUT2D eigenvalue weighted by Gasteiger charge is -2.14. The summed E-state index contributed by atoms with van der Waals surface area (Å²) in [5.41, 5.74) is 4.11. The number of nitrogens with zero attached hydrogens (tertiary/aromatic N) is 1. The zero-order chi connectivity index (χ0) is 19.4. The Labute approximate surface area is 164 Å². The molecule has 1 amide bonds. The number of methoxy groups -OCH3 is 1. The van der Waals surface area contributed by atoms with Crippen LogP contribution in [0.4, 0.5) is 5.69 Å². The van der Waals surface area contributed by atoms with E-state index in [0.717, 1.165) is 28.1 Å². The molecule has 2 aromatic carbocycles. The maximum Gasteiger partial charge on any atom is 0.281 e. The zero-order valence-corrected chi connectivity index (χ0v) is 16.4. The van der Waals surface area contributed by atoms with Gasteiger partial charge >= 0.3 is 0 Å². The molecule has 0 unspecified atom stereocenters. The number of benzene rings is 2. The SMILES string of the molecule is CCOCc1cc(/C=C2\NC(=S)N(c3ccc(C)cc3)C2=O)ccc1OC. The quantitative estimate of drug-likeness (QED) is 0.608. The Morgan fingerprint density at radius 3 is 2.59 bits per heavy atom. The molecule has 1 aliphatic rings. The summed E-state index contributed by atoms with van der Waals surface area (Å²) in [5.74, 6) is 0.583. The average Bonchev–Trinajstić information content (AvgIpc) is 2.94. The normalized spacial score (nSPS) is 15.4. The third-order valence-corrected chi connectivity index (χ3v) is 4.53. The minimum atomic E-state index is -0.175. The topological polar surface area (TPSA) is 50.8 Å². The molecule has 0 aromatic heterocycles. The summed E-state index contributed by atoms with van der Waals surface area (Å²) in [6.07, 6.45) is 1.79. The molecule has 1 N–H and O–H groups in total. The largest absolute Gasteiger partial charge is 0.496 e. The summed E-state index contributed by atoms with van der Waals surface area (Å²) in [5, 5.41) is 3.39. The fourth-order valence-electron chi connectivity index (χ4n) is 2.84. The van der Waals surface area contributed by atoms with Crippen LogP contribution in [0.2, 0.25) is 0 Å². The molecule has 27 heavy (non-hydrogen) atoms. The van der Waals surface area contributed by atoms with E-state index in [1.54, 1.807) is 13.2 Å². The standard InChI is InChI=1S/C21H22N2O3S/c1-4-26-13-16-11-15(7-10-19(16)25-3)12-18-20(24)23(21(27)22-18)17-8-5-14(2)6-9-17/h5-12H,4,13H2,1-3H3,(H,22,27)/b18-12-. The predicted molar refractivity (Wildman–Crippen MR) is 111 cm³/mol. The Hall–Kier alpha value is -2.70. The van der Waals surface area contributed by atoms with Crippen LogP contribution in [0.15, 0.2) is 48.2 Å². The van der Waals surface area contributed by atoms with Crippen LogP contribution in [0.1, 0.15) is 23.6 Å². The van der Waals surface area contributed by atoms with E-state index in [-0.39, 0.29) is 5.91 Å². The molecular formula is C21H22N2O3S. The number of rotatable bonds is 6. The Morgan fingerprint density at radius 1 is 1.19 bits per heavy atom. The van der Waals surface area contributed by atoms with Crippen molar-refractivity contribution in [1.82, 2.24) is 5.32 Å². The molecule has 1 aliphatic heterocycles. The van der Waals surface area contributed by atoms with Gasteiger partial charge in [-0.3, -0.25) is 9.69 Å². The second-order valence-electron chi connectivity index (χ2n) is 6.17. The highest BCUT2D eigenvalue weighted by Gasteiger charge is 2.31. The minimum absolute atomic E-state index is 0.175. The number of amides is 1. The minimum Gasteiger partial charge on any atom is -0.496 e. The van der Waals surface area contributed by atoms with Crippen LogP contribution in [0.3, 0.4) is 0 Å². The summed E-state index contributed by atoms with van der Waals surface area (Å²) in [7, 11) is 1.63. The van der Waals surface area contributed by atoms with Crippen molar-refractivity contribution in [3.63, 3.8) is 0 Å². The highest BCUT2D eigenvalue weighted by atomic mass is 32.1. The van der Waals surface area contributed by atoms with Crippen molar-refractivity contribution >= 4 is 35.0 Å². The van der Waals surface area contributed by atoms with E-state index >= 15 is 0 Å². The summed E-state index contributed by atoms with van der Waals surface area (Å²) < 4.78 is 10.9. The number of hydrogen-bond acceptors (Lipinski definition) is 4. The number of anilines is 1. The molecular weight excluding hydrogens is 360 g/mol. The van der Waals surface area contributed by atoms with Crippen LogP contribution < -0.4 is 15.0 Å². The summed E-state index contributed by atoms with van der Waals surface area (Å²) in [4.78, 5) is 14.3. The van der Waals surface area contributed by atoms with E-state index in [4.69, 9.17) is 21.7 Å². The molecule has 6 heteroatoms. The highest BCUT2D eigenvalue weighted by molar-refractivity contribution is 7.80. The third kappa shape index (κ3) is 4.18. The molecule has 0 radical (unpaired) electrons. The Balaban J connectivity index is 1.88. The van der Waals surface area contributed by atoms with Gasteiger partial charge in [0.1, 0.15) is 11.4 Å². The van der Waals surface area contributed by atoms with Crippen molar-refractivity contribution in [1.29, 1.82) is 0 Å². The average molecular weight is 382 g/mol. The first-order valence-corrected chi connectivity index (χ1v) is 9.12. The molecule has 140 valence electrons. The molecule has 2 aromatic rings. The molecule has 3 rings (SSSR count). The van der Waals surface area contributed by atoms with Gasteiger partial charge in [-0.25, -0.2) is 0 Å². The van der Waals surface area contributed by atoms with Gasteiger partial charge in [0, 0.05) is 12.2 Å². The van der Waals surface area contributed by atoms with E-state index < -0.39 is 0 Å². The fourth-order valence-corrected chi connectivity index (χ4v) is 3.14. The molecule has 0 saturated carbocycles. The monoisotopic (exact) mass is 382 g/mol. The molecule has 5 nitrogen and oxygen atoms in total. The van der Waals surface area contributed by atoms with Crippen LogP contribution in [0.5, 0.6) is 5.75 Å². The first kappa shape index (κ1) is 19.1. The Morgan fingerprint density at radius 2 is 1.93 bits per heavy atom. The number of aryl methyl sites for hydroxylation is 1. The molecule has 1 heterocycles. The summed E-state index contributed by atoms with van der Waals surface area (Å²) in [6.45, 7) is 5.02. The van der Waals surface area contributed by atoms with Crippen LogP contribution in [0.25, 0.3) is 6.08 Å². The van der Waals surface area contributed by atoms with Crippen LogP contribution >= 0.6 is 12.2 Å². The van der Waals surface area contributed by atoms with Gasteiger partial charge < -0.3 is 14.8 Å². The van der Waals surface area contributed by atoms with Crippen molar-refractivity contribution in [2.24, 2.45) is 0 Å². The highest BCUT2D eigenvalue weighted by Crippen LogP contribution is 2.25. The number of carbonyl (C=O) groups is 1.